The number of halogens is 1. The fraction of sp³-hybridized carbons (Fsp3) is 0.316. The van der Waals surface area contributed by atoms with Gasteiger partial charge in [0.15, 0.2) is 0 Å². The van der Waals surface area contributed by atoms with Crippen molar-refractivity contribution in [3.8, 4) is 0 Å². The van der Waals surface area contributed by atoms with Gasteiger partial charge in [0, 0.05) is 24.5 Å². The summed E-state index contributed by atoms with van der Waals surface area (Å²) in [5.41, 5.74) is 2.01. The number of rotatable bonds is 3. The number of nitrogens with one attached hydrogen (secondary N) is 2. The second-order valence-electron chi connectivity index (χ2n) is 6.28. The number of amides is 2. The van der Waals surface area contributed by atoms with E-state index in [-0.39, 0.29) is 5.69 Å². The lowest BCUT2D eigenvalue weighted by molar-refractivity contribution is 0.262. The van der Waals surface area contributed by atoms with Crippen LogP contribution in [-0.2, 0) is 0 Å². The van der Waals surface area contributed by atoms with Crippen molar-refractivity contribution in [1.29, 1.82) is 0 Å². The Morgan fingerprint density at radius 2 is 1.71 bits per heavy atom. The van der Waals surface area contributed by atoms with Crippen LogP contribution >= 0.6 is 0 Å². The Kier molecular flexibility index (Phi) is 4.99. The number of carbonyl (C=O) groups excluding carboxylic acids is 1. The van der Waals surface area contributed by atoms with Crippen molar-refractivity contribution in [1.82, 2.24) is 0 Å². The molecule has 2 amide bonds. The smallest absolute Gasteiger partial charge is 0.323 e. The predicted octanol–water partition coefficient (Wildman–Crippen LogP) is 4.71. The summed E-state index contributed by atoms with van der Waals surface area (Å²) < 4.78 is 13.5. The van der Waals surface area contributed by atoms with Crippen LogP contribution in [0.5, 0.6) is 0 Å². The van der Waals surface area contributed by atoms with E-state index in [9.17, 15) is 9.18 Å². The molecule has 0 spiro atoms. The topological polar surface area (TPSA) is 44.4 Å². The summed E-state index contributed by atoms with van der Waals surface area (Å²) in [6.45, 7) is 4.43. The third-order valence-corrected chi connectivity index (χ3v) is 4.40. The molecule has 0 aromatic heterocycles. The van der Waals surface area contributed by atoms with E-state index >= 15 is 0 Å². The largest absolute Gasteiger partial charge is 0.372 e. The Hall–Kier alpha value is -2.56. The number of hydrogen-bond acceptors (Lipinski definition) is 2. The van der Waals surface area contributed by atoms with Crippen molar-refractivity contribution in [2.75, 3.05) is 28.6 Å². The van der Waals surface area contributed by atoms with Crippen LogP contribution in [0, 0.1) is 11.7 Å². The third-order valence-electron chi connectivity index (χ3n) is 4.40. The van der Waals surface area contributed by atoms with E-state index in [0.717, 1.165) is 19.0 Å². The van der Waals surface area contributed by atoms with Crippen LogP contribution in [0.3, 0.4) is 0 Å². The van der Waals surface area contributed by atoms with Gasteiger partial charge in [-0.15, -0.1) is 0 Å². The molecule has 1 saturated heterocycles. The first kappa shape index (κ1) is 16.3. The van der Waals surface area contributed by atoms with E-state index in [1.807, 2.05) is 24.3 Å². The number of hydrogen-bond donors (Lipinski definition) is 2. The predicted molar refractivity (Wildman–Crippen MR) is 96.1 cm³/mol. The average molecular weight is 327 g/mol. The quantitative estimate of drug-likeness (QED) is 0.858. The molecule has 1 fully saturated rings. The van der Waals surface area contributed by atoms with Crippen LogP contribution in [-0.4, -0.2) is 19.1 Å². The molecule has 3 rings (SSSR count). The number of benzene rings is 2. The van der Waals surface area contributed by atoms with E-state index in [4.69, 9.17) is 0 Å². The third kappa shape index (κ3) is 4.04. The number of para-hydroxylation sites is 1. The minimum absolute atomic E-state index is 0.161. The van der Waals surface area contributed by atoms with E-state index < -0.39 is 11.8 Å². The van der Waals surface area contributed by atoms with Crippen LogP contribution in [0.25, 0.3) is 0 Å². The monoisotopic (exact) mass is 327 g/mol. The van der Waals surface area contributed by atoms with Gasteiger partial charge in [-0.3, -0.25) is 0 Å². The van der Waals surface area contributed by atoms with E-state index in [0.29, 0.717) is 5.69 Å². The van der Waals surface area contributed by atoms with Crippen molar-refractivity contribution in [3.05, 3.63) is 54.3 Å². The maximum Gasteiger partial charge on any atom is 0.323 e. The summed E-state index contributed by atoms with van der Waals surface area (Å²) in [5.74, 6) is 0.339. The van der Waals surface area contributed by atoms with Crippen molar-refractivity contribution >= 4 is 23.1 Å². The standard InChI is InChI=1S/C19H22FN3O/c1-14-10-12-23(13-11-14)16-8-6-15(7-9-16)21-19(24)22-18-5-3-2-4-17(18)20/h2-9,14H,10-13H2,1H3,(H2,21,22,24). The van der Waals surface area contributed by atoms with Gasteiger partial charge >= 0.3 is 6.03 Å². The Morgan fingerprint density at radius 3 is 2.38 bits per heavy atom. The van der Waals surface area contributed by atoms with Crippen molar-refractivity contribution < 1.29 is 9.18 Å². The van der Waals surface area contributed by atoms with E-state index in [1.54, 1.807) is 12.1 Å². The highest BCUT2D eigenvalue weighted by molar-refractivity contribution is 5.99. The summed E-state index contributed by atoms with van der Waals surface area (Å²) in [6, 6.07) is 13.4. The first-order chi connectivity index (χ1) is 11.6. The molecular weight excluding hydrogens is 305 g/mol. The lowest BCUT2D eigenvalue weighted by atomic mass is 9.99. The molecule has 0 atom stereocenters. The zero-order chi connectivity index (χ0) is 16.9. The Morgan fingerprint density at radius 1 is 1.04 bits per heavy atom. The SMILES string of the molecule is CC1CCN(c2ccc(NC(=O)Nc3ccccc3F)cc2)CC1. The van der Waals surface area contributed by atoms with Gasteiger partial charge in [0.1, 0.15) is 5.82 Å². The molecule has 1 heterocycles. The highest BCUT2D eigenvalue weighted by Gasteiger charge is 2.16. The van der Waals surface area contributed by atoms with Gasteiger partial charge in [-0.05, 0) is 55.2 Å². The highest BCUT2D eigenvalue weighted by Crippen LogP contribution is 2.24. The Balaban J connectivity index is 1.58. The molecule has 4 nitrogen and oxygen atoms in total. The average Bonchev–Trinajstić information content (AvgIpc) is 2.58. The van der Waals surface area contributed by atoms with Crippen molar-refractivity contribution in [2.24, 2.45) is 5.92 Å². The van der Waals surface area contributed by atoms with Gasteiger partial charge in [0.25, 0.3) is 0 Å². The number of urea groups is 1. The van der Waals surface area contributed by atoms with Crippen LogP contribution in [0.2, 0.25) is 0 Å². The molecule has 0 bridgehead atoms. The fourth-order valence-electron chi connectivity index (χ4n) is 2.87. The number of carbonyl (C=O) groups is 1. The normalized spacial score (nSPS) is 15.2. The highest BCUT2D eigenvalue weighted by atomic mass is 19.1. The molecule has 0 saturated carbocycles. The van der Waals surface area contributed by atoms with Gasteiger partial charge in [-0.1, -0.05) is 19.1 Å². The molecule has 2 aromatic rings. The van der Waals surface area contributed by atoms with Crippen LogP contribution in [0.4, 0.5) is 26.2 Å². The summed E-state index contributed by atoms with van der Waals surface area (Å²) in [6.07, 6.45) is 2.43. The number of anilines is 3. The molecule has 0 aliphatic carbocycles. The first-order valence-electron chi connectivity index (χ1n) is 8.29. The molecule has 24 heavy (non-hydrogen) atoms. The molecule has 1 aliphatic heterocycles. The van der Waals surface area contributed by atoms with Gasteiger partial charge in [0.2, 0.25) is 0 Å². The van der Waals surface area contributed by atoms with E-state index in [2.05, 4.69) is 22.5 Å². The maximum atomic E-state index is 13.5. The lowest BCUT2D eigenvalue weighted by Gasteiger charge is -2.32. The maximum absolute atomic E-state index is 13.5. The zero-order valence-corrected chi connectivity index (χ0v) is 13.8. The first-order valence-corrected chi connectivity index (χ1v) is 8.29. The van der Waals surface area contributed by atoms with E-state index in [1.165, 1.54) is 30.7 Å². The summed E-state index contributed by atoms with van der Waals surface area (Å²) >= 11 is 0. The second kappa shape index (κ2) is 7.34. The molecule has 126 valence electrons. The van der Waals surface area contributed by atoms with Gasteiger partial charge < -0.3 is 15.5 Å². The van der Waals surface area contributed by atoms with Gasteiger partial charge in [0.05, 0.1) is 5.69 Å². The molecule has 2 aromatic carbocycles. The van der Waals surface area contributed by atoms with Gasteiger partial charge in [-0.25, -0.2) is 9.18 Å². The number of piperidine rings is 1. The molecular formula is C19H22FN3O. The lowest BCUT2D eigenvalue weighted by Crippen LogP contribution is -2.32. The van der Waals surface area contributed by atoms with Crippen LogP contribution < -0.4 is 15.5 Å². The zero-order valence-electron chi connectivity index (χ0n) is 13.8. The fourth-order valence-corrected chi connectivity index (χ4v) is 2.87. The number of nitrogens with zero attached hydrogens (tertiary/aromatic N) is 1. The molecule has 0 unspecified atom stereocenters. The molecule has 5 heteroatoms. The minimum Gasteiger partial charge on any atom is -0.372 e. The summed E-state index contributed by atoms with van der Waals surface area (Å²) in [5, 5.41) is 5.23. The molecule has 1 aliphatic rings. The van der Waals surface area contributed by atoms with Crippen molar-refractivity contribution in [3.63, 3.8) is 0 Å². The Bertz CT molecular complexity index is 694. The summed E-state index contributed by atoms with van der Waals surface area (Å²) in [7, 11) is 0. The Labute approximate surface area is 141 Å². The van der Waals surface area contributed by atoms with Crippen LogP contribution in [0.1, 0.15) is 19.8 Å². The summed E-state index contributed by atoms with van der Waals surface area (Å²) in [4.78, 5) is 14.3. The minimum atomic E-state index is -0.459. The van der Waals surface area contributed by atoms with Crippen LogP contribution in [0.15, 0.2) is 48.5 Å². The van der Waals surface area contributed by atoms with Crippen molar-refractivity contribution in [2.45, 2.75) is 19.8 Å². The van der Waals surface area contributed by atoms with Gasteiger partial charge in [-0.2, -0.15) is 0 Å². The molecule has 2 N–H and O–H groups in total. The second-order valence-corrected chi connectivity index (χ2v) is 6.28. The molecule has 0 radical (unpaired) electrons.